The number of nitrogens with one attached hydrogen (secondary N) is 1. The Morgan fingerprint density at radius 2 is 2.08 bits per heavy atom. The number of anilines is 1. The van der Waals surface area contributed by atoms with Crippen molar-refractivity contribution >= 4 is 11.9 Å². The molecule has 4 heterocycles. The smallest absolute Gasteiger partial charge is 0.225 e. The van der Waals surface area contributed by atoms with E-state index in [1.807, 2.05) is 13.0 Å². The Kier molecular flexibility index (Phi) is 4.38. The molecule has 4 rings (SSSR count). The van der Waals surface area contributed by atoms with Gasteiger partial charge in [0.15, 0.2) is 0 Å². The molecule has 0 spiro atoms. The first-order valence-electron chi connectivity index (χ1n) is 9.04. The van der Waals surface area contributed by atoms with Crippen molar-refractivity contribution in [3.8, 4) is 0 Å². The van der Waals surface area contributed by atoms with Crippen molar-refractivity contribution in [2.24, 2.45) is 5.92 Å². The van der Waals surface area contributed by atoms with Crippen LogP contribution in [-0.2, 0) is 17.8 Å². The van der Waals surface area contributed by atoms with E-state index in [2.05, 4.69) is 35.9 Å². The summed E-state index contributed by atoms with van der Waals surface area (Å²) in [6, 6.07) is 2.00. The van der Waals surface area contributed by atoms with Gasteiger partial charge in [0.05, 0.1) is 11.6 Å². The van der Waals surface area contributed by atoms with Crippen molar-refractivity contribution in [3.63, 3.8) is 0 Å². The largest absolute Gasteiger partial charge is 0.351 e. The molecule has 2 atom stereocenters. The summed E-state index contributed by atoms with van der Waals surface area (Å²) in [5.41, 5.74) is 1.05. The van der Waals surface area contributed by atoms with Gasteiger partial charge < -0.3 is 14.8 Å². The second-order valence-corrected chi connectivity index (χ2v) is 7.03. The number of fused-ring (bicyclic) bond motifs is 1. The third kappa shape index (κ3) is 3.50. The fourth-order valence-electron chi connectivity index (χ4n) is 3.85. The van der Waals surface area contributed by atoms with E-state index >= 15 is 0 Å². The zero-order valence-electron chi connectivity index (χ0n) is 14.6. The zero-order chi connectivity index (χ0) is 17.2. The predicted octanol–water partition coefficient (Wildman–Crippen LogP) is 1.33. The van der Waals surface area contributed by atoms with Crippen LogP contribution in [0.25, 0.3) is 0 Å². The monoisotopic (exact) mass is 340 g/mol. The van der Waals surface area contributed by atoms with Crippen molar-refractivity contribution in [1.29, 1.82) is 0 Å². The molecule has 2 aromatic heterocycles. The Morgan fingerprint density at radius 1 is 1.24 bits per heavy atom. The molecule has 0 aliphatic carbocycles. The lowest BCUT2D eigenvalue weighted by molar-refractivity contribution is -0.126. The number of hydrogen-bond donors (Lipinski definition) is 1. The van der Waals surface area contributed by atoms with Gasteiger partial charge in [-0.2, -0.15) is 0 Å². The van der Waals surface area contributed by atoms with Crippen LogP contribution in [0.15, 0.2) is 24.7 Å². The fraction of sp³-hybridized carbons (Fsp3) is 0.556. The summed E-state index contributed by atoms with van der Waals surface area (Å²) in [5, 5.41) is 3.26. The Bertz CT molecular complexity index is 743. The van der Waals surface area contributed by atoms with Crippen molar-refractivity contribution in [2.75, 3.05) is 18.0 Å². The number of piperidine rings is 1. The van der Waals surface area contributed by atoms with E-state index in [1.54, 1.807) is 12.4 Å². The highest BCUT2D eigenvalue weighted by Crippen LogP contribution is 2.21. The SMILES string of the molecule is Cc1cn2c(n1)CC[C@@H](NC(=O)[C@H]1CCCN(c3ncccn3)C1)C2. The summed E-state index contributed by atoms with van der Waals surface area (Å²) < 4.78 is 2.18. The molecule has 132 valence electrons. The van der Waals surface area contributed by atoms with E-state index in [-0.39, 0.29) is 17.9 Å². The van der Waals surface area contributed by atoms with Crippen LogP contribution >= 0.6 is 0 Å². The molecule has 0 radical (unpaired) electrons. The predicted molar refractivity (Wildman–Crippen MR) is 94.2 cm³/mol. The Morgan fingerprint density at radius 3 is 2.92 bits per heavy atom. The maximum Gasteiger partial charge on any atom is 0.225 e. The third-order valence-electron chi connectivity index (χ3n) is 5.09. The van der Waals surface area contributed by atoms with Gasteiger partial charge in [-0.15, -0.1) is 0 Å². The second-order valence-electron chi connectivity index (χ2n) is 7.03. The summed E-state index contributed by atoms with van der Waals surface area (Å²) >= 11 is 0. The molecular weight excluding hydrogens is 316 g/mol. The molecular formula is C18H24N6O. The molecule has 1 amide bonds. The lowest BCUT2D eigenvalue weighted by Crippen LogP contribution is -2.48. The first-order chi connectivity index (χ1) is 12.2. The van der Waals surface area contributed by atoms with E-state index < -0.39 is 0 Å². The number of hydrogen-bond acceptors (Lipinski definition) is 5. The quantitative estimate of drug-likeness (QED) is 0.912. The molecule has 2 aromatic rings. The normalized spacial score (nSPS) is 23.2. The second kappa shape index (κ2) is 6.82. The molecule has 7 nitrogen and oxygen atoms in total. The summed E-state index contributed by atoms with van der Waals surface area (Å²) in [6.45, 7) is 4.44. The standard InChI is InChI=1S/C18H24N6O/c1-13-10-24-12-15(5-6-16(24)21-13)22-17(25)14-4-2-9-23(11-14)18-19-7-3-8-20-18/h3,7-8,10,14-15H,2,4-6,9,11-12H2,1H3,(H,22,25)/t14-,15+/m0/s1. The van der Waals surface area contributed by atoms with Gasteiger partial charge in [0.25, 0.3) is 0 Å². The number of carbonyl (C=O) groups excluding carboxylic acids is 1. The number of aromatic nitrogens is 4. The zero-order valence-corrected chi connectivity index (χ0v) is 14.6. The number of amides is 1. The molecule has 2 aliphatic heterocycles. The van der Waals surface area contributed by atoms with Crippen LogP contribution in [0.2, 0.25) is 0 Å². The highest BCUT2D eigenvalue weighted by atomic mass is 16.2. The van der Waals surface area contributed by atoms with Gasteiger partial charge in [0.1, 0.15) is 5.82 Å². The van der Waals surface area contributed by atoms with Crippen LogP contribution in [0.4, 0.5) is 5.95 Å². The van der Waals surface area contributed by atoms with Crippen LogP contribution in [0.5, 0.6) is 0 Å². The molecule has 1 fully saturated rings. The molecule has 7 heteroatoms. The average molecular weight is 340 g/mol. The molecule has 0 unspecified atom stereocenters. The average Bonchev–Trinajstić information content (AvgIpc) is 3.02. The van der Waals surface area contributed by atoms with Crippen LogP contribution in [0.3, 0.4) is 0 Å². The summed E-state index contributed by atoms with van der Waals surface area (Å²) in [6.07, 6.45) is 9.37. The highest BCUT2D eigenvalue weighted by Gasteiger charge is 2.29. The van der Waals surface area contributed by atoms with Gasteiger partial charge >= 0.3 is 0 Å². The topological polar surface area (TPSA) is 75.9 Å². The van der Waals surface area contributed by atoms with Crippen molar-refractivity contribution in [3.05, 3.63) is 36.2 Å². The van der Waals surface area contributed by atoms with E-state index in [4.69, 9.17) is 0 Å². The molecule has 1 N–H and O–H groups in total. The molecule has 0 aromatic carbocycles. The molecule has 25 heavy (non-hydrogen) atoms. The minimum atomic E-state index is 0.00322. The minimum Gasteiger partial charge on any atom is -0.351 e. The van der Waals surface area contributed by atoms with E-state index in [9.17, 15) is 4.79 Å². The first-order valence-corrected chi connectivity index (χ1v) is 9.04. The maximum absolute atomic E-state index is 12.8. The lowest BCUT2D eigenvalue weighted by Gasteiger charge is -2.33. The van der Waals surface area contributed by atoms with Crippen molar-refractivity contribution in [1.82, 2.24) is 24.8 Å². The van der Waals surface area contributed by atoms with Gasteiger partial charge in [0.2, 0.25) is 11.9 Å². The van der Waals surface area contributed by atoms with Crippen molar-refractivity contribution in [2.45, 2.75) is 45.2 Å². The van der Waals surface area contributed by atoms with Crippen LogP contribution in [0.1, 0.15) is 30.8 Å². The Balaban J connectivity index is 1.36. The Hall–Kier alpha value is -2.44. The summed E-state index contributed by atoms with van der Waals surface area (Å²) in [5.74, 6) is 2.01. The van der Waals surface area contributed by atoms with Gasteiger partial charge in [0, 0.05) is 50.7 Å². The number of carbonyl (C=O) groups is 1. The Labute approximate surface area is 147 Å². The van der Waals surface area contributed by atoms with Gasteiger partial charge in [-0.25, -0.2) is 15.0 Å². The van der Waals surface area contributed by atoms with Crippen LogP contribution < -0.4 is 10.2 Å². The van der Waals surface area contributed by atoms with E-state index in [0.29, 0.717) is 6.54 Å². The van der Waals surface area contributed by atoms with Gasteiger partial charge in [-0.1, -0.05) is 0 Å². The fourth-order valence-corrected chi connectivity index (χ4v) is 3.85. The number of nitrogens with zero attached hydrogens (tertiary/aromatic N) is 5. The number of imidazole rings is 1. The molecule has 2 aliphatic rings. The minimum absolute atomic E-state index is 0.00322. The molecule has 0 bridgehead atoms. The maximum atomic E-state index is 12.8. The molecule has 1 saturated heterocycles. The third-order valence-corrected chi connectivity index (χ3v) is 5.09. The number of aryl methyl sites for hydroxylation is 2. The van der Waals surface area contributed by atoms with Crippen LogP contribution in [0, 0.1) is 12.8 Å². The van der Waals surface area contributed by atoms with Crippen molar-refractivity contribution < 1.29 is 4.79 Å². The van der Waals surface area contributed by atoms with Gasteiger partial charge in [-0.05, 0) is 32.3 Å². The van der Waals surface area contributed by atoms with E-state index in [0.717, 1.165) is 56.2 Å². The van der Waals surface area contributed by atoms with Crippen LogP contribution in [-0.4, -0.2) is 44.6 Å². The van der Waals surface area contributed by atoms with E-state index in [1.165, 1.54) is 0 Å². The number of rotatable bonds is 3. The summed E-state index contributed by atoms with van der Waals surface area (Å²) in [7, 11) is 0. The lowest BCUT2D eigenvalue weighted by atomic mass is 9.96. The molecule has 0 saturated carbocycles. The van der Waals surface area contributed by atoms with Gasteiger partial charge in [-0.3, -0.25) is 4.79 Å². The highest BCUT2D eigenvalue weighted by molar-refractivity contribution is 5.79. The summed E-state index contributed by atoms with van der Waals surface area (Å²) in [4.78, 5) is 28.0. The first kappa shape index (κ1) is 16.1.